The van der Waals surface area contributed by atoms with Gasteiger partial charge in [-0.05, 0) is 63.5 Å². The van der Waals surface area contributed by atoms with Crippen LogP contribution in [-0.2, 0) is 0 Å². The van der Waals surface area contributed by atoms with Gasteiger partial charge in [-0.2, -0.15) is 0 Å². The summed E-state index contributed by atoms with van der Waals surface area (Å²) < 4.78 is 6.83. The molecule has 0 radical (unpaired) electrons. The van der Waals surface area contributed by atoms with Gasteiger partial charge in [0.05, 0.1) is 4.47 Å². The van der Waals surface area contributed by atoms with Gasteiger partial charge in [-0.15, -0.1) is 0 Å². The zero-order valence-electron chi connectivity index (χ0n) is 11.2. The van der Waals surface area contributed by atoms with Gasteiger partial charge in [-0.25, -0.2) is 0 Å². The summed E-state index contributed by atoms with van der Waals surface area (Å²) in [6, 6.07) is 17.7. The van der Waals surface area contributed by atoms with E-state index in [0.717, 1.165) is 37.5 Å². The van der Waals surface area contributed by atoms with Gasteiger partial charge in [-0.1, -0.05) is 41.4 Å². The number of hydrogen-bond acceptors (Lipinski definition) is 1. The van der Waals surface area contributed by atoms with Crippen molar-refractivity contribution in [1.29, 1.82) is 0 Å². The number of rotatable bonds is 1. The van der Waals surface area contributed by atoms with Crippen LogP contribution in [0, 0.1) is 0 Å². The van der Waals surface area contributed by atoms with Gasteiger partial charge in [0.1, 0.15) is 11.2 Å². The molecule has 0 aliphatic carbocycles. The normalized spacial score (nSPS) is 11.4. The van der Waals surface area contributed by atoms with E-state index >= 15 is 0 Å². The van der Waals surface area contributed by atoms with Crippen molar-refractivity contribution in [2.24, 2.45) is 0 Å². The average molecular weight is 392 g/mol. The van der Waals surface area contributed by atoms with E-state index in [0.29, 0.717) is 10.0 Å². The fourth-order valence-corrected chi connectivity index (χ4v) is 3.74. The van der Waals surface area contributed by atoms with E-state index in [2.05, 4.69) is 28.1 Å². The highest BCUT2D eigenvalue weighted by Crippen LogP contribution is 2.38. The van der Waals surface area contributed by atoms with Crippen LogP contribution < -0.4 is 0 Å². The van der Waals surface area contributed by atoms with Crippen molar-refractivity contribution in [1.82, 2.24) is 0 Å². The van der Waals surface area contributed by atoms with E-state index in [1.54, 1.807) is 6.07 Å². The third-order valence-electron chi connectivity index (χ3n) is 3.63. The minimum Gasteiger partial charge on any atom is -0.455 e. The topological polar surface area (TPSA) is 13.1 Å². The van der Waals surface area contributed by atoms with Gasteiger partial charge in [-0.3, -0.25) is 0 Å². The van der Waals surface area contributed by atoms with Crippen LogP contribution in [0.2, 0.25) is 10.0 Å². The molecule has 1 heterocycles. The summed E-state index contributed by atoms with van der Waals surface area (Å²) >= 11 is 15.8. The van der Waals surface area contributed by atoms with Gasteiger partial charge in [0.2, 0.25) is 0 Å². The minimum atomic E-state index is 0.621. The van der Waals surface area contributed by atoms with Crippen molar-refractivity contribution < 1.29 is 4.42 Å². The highest BCUT2D eigenvalue weighted by molar-refractivity contribution is 9.10. The van der Waals surface area contributed by atoms with E-state index in [4.69, 9.17) is 27.6 Å². The van der Waals surface area contributed by atoms with E-state index in [1.807, 2.05) is 36.4 Å². The number of halogens is 3. The first kappa shape index (κ1) is 14.1. The van der Waals surface area contributed by atoms with Crippen molar-refractivity contribution in [3.63, 3.8) is 0 Å². The van der Waals surface area contributed by atoms with Crippen LogP contribution in [0.3, 0.4) is 0 Å². The summed E-state index contributed by atoms with van der Waals surface area (Å²) in [5.41, 5.74) is 3.73. The molecule has 22 heavy (non-hydrogen) atoms. The summed E-state index contributed by atoms with van der Waals surface area (Å²) in [4.78, 5) is 0. The monoisotopic (exact) mass is 390 g/mol. The SMILES string of the molecule is Clc1cc(Cl)cc(-c2cc(Br)c3oc4ccccc4c3c2)c1. The lowest BCUT2D eigenvalue weighted by molar-refractivity contribution is 0.667. The molecule has 0 saturated heterocycles. The Labute approximate surface area is 145 Å². The smallest absolute Gasteiger partial charge is 0.149 e. The highest BCUT2D eigenvalue weighted by atomic mass is 79.9. The lowest BCUT2D eigenvalue weighted by atomic mass is 10.0. The molecule has 0 amide bonds. The summed E-state index contributed by atoms with van der Waals surface area (Å²) in [5.74, 6) is 0. The maximum absolute atomic E-state index is 6.12. The molecule has 108 valence electrons. The first-order valence-electron chi connectivity index (χ1n) is 6.69. The number of para-hydroxylation sites is 1. The largest absolute Gasteiger partial charge is 0.455 e. The Hall–Kier alpha value is -1.48. The van der Waals surface area contributed by atoms with Gasteiger partial charge in [0, 0.05) is 20.8 Å². The Kier molecular flexibility index (Phi) is 3.41. The highest BCUT2D eigenvalue weighted by Gasteiger charge is 2.12. The molecule has 0 N–H and O–H groups in total. The molecule has 4 aromatic rings. The molecule has 1 nitrogen and oxygen atoms in total. The van der Waals surface area contributed by atoms with E-state index in [1.165, 1.54) is 0 Å². The quantitative estimate of drug-likeness (QED) is 0.331. The van der Waals surface area contributed by atoms with Gasteiger partial charge >= 0.3 is 0 Å². The van der Waals surface area contributed by atoms with E-state index in [9.17, 15) is 0 Å². The maximum Gasteiger partial charge on any atom is 0.149 e. The van der Waals surface area contributed by atoms with Crippen LogP contribution in [0.25, 0.3) is 33.1 Å². The van der Waals surface area contributed by atoms with Crippen molar-refractivity contribution in [2.75, 3.05) is 0 Å². The molecule has 0 unspecified atom stereocenters. The van der Waals surface area contributed by atoms with Crippen molar-refractivity contribution in [3.05, 3.63) is 69.1 Å². The molecule has 0 spiro atoms. The Balaban J connectivity index is 2.05. The summed E-state index contributed by atoms with van der Waals surface area (Å²) in [6.45, 7) is 0. The fraction of sp³-hybridized carbons (Fsp3) is 0. The van der Waals surface area contributed by atoms with Crippen LogP contribution in [-0.4, -0.2) is 0 Å². The third-order valence-corrected chi connectivity index (χ3v) is 4.65. The third kappa shape index (κ3) is 2.32. The summed E-state index contributed by atoms with van der Waals surface area (Å²) in [5, 5.41) is 3.40. The second kappa shape index (κ2) is 5.31. The van der Waals surface area contributed by atoms with Crippen LogP contribution in [0.5, 0.6) is 0 Å². The molecule has 0 atom stereocenters. The average Bonchev–Trinajstić information content (AvgIpc) is 2.86. The van der Waals surface area contributed by atoms with Gasteiger partial charge in [0.25, 0.3) is 0 Å². The molecular formula is C18H9BrCl2O. The molecule has 0 fully saturated rings. The van der Waals surface area contributed by atoms with Crippen molar-refractivity contribution >= 4 is 61.1 Å². The molecule has 0 bridgehead atoms. The predicted molar refractivity (Wildman–Crippen MR) is 96.9 cm³/mol. The van der Waals surface area contributed by atoms with Crippen molar-refractivity contribution in [2.45, 2.75) is 0 Å². The Bertz CT molecular complexity index is 1000. The van der Waals surface area contributed by atoms with Gasteiger partial charge < -0.3 is 4.42 Å². The Morgan fingerprint density at radius 2 is 1.45 bits per heavy atom. The van der Waals surface area contributed by atoms with Crippen LogP contribution >= 0.6 is 39.1 Å². The van der Waals surface area contributed by atoms with Gasteiger partial charge in [0.15, 0.2) is 0 Å². The number of benzene rings is 3. The molecule has 0 aliphatic rings. The standard InChI is InChI=1S/C18H9BrCl2O/c19-16-8-11(10-5-12(20)9-13(21)6-10)7-15-14-3-1-2-4-17(14)22-18(15)16/h1-9H. The first-order valence-corrected chi connectivity index (χ1v) is 8.24. The Morgan fingerprint density at radius 3 is 2.23 bits per heavy atom. The van der Waals surface area contributed by atoms with Crippen molar-refractivity contribution in [3.8, 4) is 11.1 Å². The fourth-order valence-electron chi connectivity index (χ4n) is 2.67. The summed E-state index contributed by atoms with van der Waals surface area (Å²) in [6.07, 6.45) is 0. The second-order valence-electron chi connectivity index (χ2n) is 5.09. The zero-order valence-corrected chi connectivity index (χ0v) is 14.3. The molecule has 1 aromatic heterocycles. The van der Waals surface area contributed by atoms with Crippen LogP contribution in [0.1, 0.15) is 0 Å². The maximum atomic E-state index is 6.12. The number of hydrogen-bond donors (Lipinski definition) is 0. The molecule has 4 rings (SSSR count). The second-order valence-corrected chi connectivity index (χ2v) is 6.82. The molecular weight excluding hydrogens is 383 g/mol. The summed E-state index contributed by atoms with van der Waals surface area (Å²) in [7, 11) is 0. The molecule has 3 aromatic carbocycles. The number of furan rings is 1. The van der Waals surface area contributed by atoms with E-state index < -0.39 is 0 Å². The molecule has 0 aliphatic heterocycles. The predicted octanol–water partition coefficient (Wildman–Crippen LogP) is 7.32. The zero-order chi connectivity index (χ0) is 15.3. The molecule has 0 saturated carbocycles. The molecule has 4 heteroatoms. The van der Waals surface area contributed by atoms with Crippen LogP contribution in [0.4, 0.5) is 0 Å². The first-order chi connectivity index (χ1) is 10.6. The lowest BCUT2D eigenvalue weighted by Gasteiger charge is -2.05. The minimum absolute atomic E-state index is 0.621. The van der Waals surface area contributed by atoms with E-state index in [-0.39, 0.29) is 0 Å². The lowest BCUT2D eigenvalue weighted by Crippen LogP contribution is -1.80. The number of fused-ring (bicyclic) bond motifs is 3. The van der Waals surface area contributed by atoms with Crippen LogP contribution in [0.15, 0.2) is 63.5 Å². The Morgan fingerprint density at radius 1 is 0.773 bits per heavy atom.